The van der Waals surface area contributed by atoms with Gasteiger partial charge in [0.1, 0.15) is 24.4 Å². The molecule has 39 heavy (non-hydrogen) atoms. The Kier molecular flexibility index (Phi) is 10.0. The molecule has 3 aromatic rings. The van der Waals surface area contributed by atoms with Crippen molar-refractivity contribution >= 4 is 34.6 Å². The monoisotopic (exact) mass is 537 g/mol. The van der Waals surface area contributed by atoms with Crippen molar-refractivity contribution in [1.82, 2.24) is 20.9 Å². The summed E-state index contributed by atoms with van der Waals surface area (Å²) >= 11 is 0. The number of para-hydroxylation sites is 1. The number of phenolic OH excluding ortho intramolecular Hbond substituents is 1. The van der Waals surface area contributed by atoms with E-state index < -0.39 is 48.4 Å². The standard InChI is InChI=1S/C28H35N5O6/c1-16(2)11-23(32-26(37)21(29)13-18-14-30-22-6-4-3-5-20(18)22)28(39)33-24(27(38)31-15-25(35)36)12-17-7-9-19(34)10-8-17/h3-10,14,16,21,23-24,30,34H,11-13,15,29H2,1-2H3,(H,31,38)(H,32,37)(H,33,39)(H,35,36). The van der Waals surface area contributed by atoms with Gasteiger partial charge < -0.3 is 36.9 Å². The van der Waals surface area contributed by atoms with Crippen LogP contribution in [0.15, 0.2) is 54.7 Å². The van der Waals surface area contributed by atoms with Crippen molar-refractivity contribution in [1.29, 1.82) is 0 Å². The summed E-state index contributed by atoms with van der Waals surface area (Å²) in [5.41, 5.74) is 8.65. The summed E-state index contributed by atoms with van der Waals surface area (Å²) in [6, 6.07) is 10.7. The molecule has 0 bridgehead atoms. The molecule has 3 rings (SSSR count). The SMILES string of the molecule is CC(C)CC(NC(=O)C(N)Cc1c[nH]c2ccccc12)C(=O)NC(Cc1ccc(O)cc1)C(=O)NCC(=O)O. The maximum absolute atomic E-state index is 13.3. The molecule has 1 heterocycles. The van der Waals surface area contributed by atoms with Gasteiger partial charge in [-0.25, -0.2) is 0 Å². The van der Waals surface area contributed by atoms with Crippen molar-refractivity contribution in [2.75, 3.05) is 6.54 Å². The molecule has 0 aliphatic rings. The Morgan fingerprint density at radius 1 is 0.897 bits per heavy atom. The molecule has 1 aromatic heterocycles. The molecule has 11 nitrogen and oxygen atoms in total. The molecule has 3 amide bonds. The van der Waals surface area contributed by atoms with E-state index in [1.165, 1.54) is 12.1 Å². The molecule has 208 valence electrons. The summed E-state index contributed by atoms with van der Waals surface area (Å²) in [6.45, 7) is 3.17. The van der Waals surface area contributed by atoms with Crippen LogP contribution >= 0.6 is 0 Å². The molecule has 0 aliphatic heterocycles. The number of carboxylic acids is 1. The highest BCUT2D eigenvalue weighted by Gasteiger charge is 2.29. The fourth-order valence-corrected chi connectivity index (χ4v) is 4.25. The molecule has 0 fully saturated rings. The van der Waals surface area contributed by atoms with Crippen LogP contribution in [0, 0.1) is 5.92 Å². The van der Waals surface area contributed by atoms with Crippen LogP contribution in [0.1, 0.15) is 31.4 Å². The number of carboxylic acid groups (broad SMARTS) is 1. The number of aromatic nitrogens is 1. The molecule has 2 aromatic carbocycles. The second kappa shape index (κ2) is 13.4. The first-order valence-electron chi connectivity index (χ1n) is 12.7. The summed E-state index contributed by atoms with van der Waals surface area (Å²) in [5.74, 6) is -2.95. The van der Waals surface area contributed by atoms with Gasteiger partial charge in [-0.15, -0.1) is 0 Å². The van der Waals surface area contributed by atoms with Crippen molar-refractivity contribution in [3.8, 4) is 5.75 Å². The van der Waals surface area contributed by atoms with E-state index in [9.17, 15) is 24.3 Å². The summed E-state index contributed by atoms with van der Waals surface area (Å²) in [7, 11) is 0. The van der Waals surface area contributed by atoms with E-state index in [4.69, 9.17) is 10.8 Å². The van der Waals surface area contributed by atoms with Crippen LogP contribution in [0.2, 0.25) is 0 Å². The minimum Gasteiger partial charge on any atom is -0.508 e. The highest BCUT2D eigenvalue weighted by Crippen LogP contribution is 2.19. The first-order valence-corrected chi connectivity index (χ1v) is 12.7. The van der Waals surface area contributed by atoms with Crippen molar-refractivity contribution in [2.24, 2.45) is 11.7 Å². The van der Waals surface area contributed by atoms with Crippen LogP contribution in [0.4, 0.5) is 0 Å². The van der Waals surface area contributed by atoms with Gasteiger partial charge in [-0.05, 0) is 48.1 Å². The number of aromatic amines is 1. The van der Waals surface area contributed by atoms with Crippen LogP contribution in [-0.2, 0) is 32.0 Å². The predicted octanol–water partition coefficient (Wildman–Crippen LogP) is 1.20. The van der Waals surface area contributed by atoms with Crippen LogP contribution in [0.25, 0.3) is 10.9 Å². The van der Waals surface area contributed by atoms with Gasteiger partial charge in [-0.3, -0.25) is 19.2 Å². The second-order valence-electron chi connectivity index (χ2n) is 9.90. The fourth-order valence-electron chi connectivity index (χ4n) is 4.25. The summed E-state index contributed by atoms with van der Waals surface area (Å²) in [4.78, 5) is 53.2. The number of benzene rings is 2. The Morgan fingerprint density at radius 2 is 1.56 bits per heavy atom. The Balaban J connectivity index is 1.72. The zero-order valence-electron chi connectivity index (χ0n) is 21.9. The molecular formula is C28H35N5O6. The highest BCUT2D eigenvalue weighted by molar-refractivity contribution is 5.94. The molecule has 0 spiro atoms. The second-order valence-corrected chi connectivity index (χ2v) is 9.90. The number of carbonyl (C=O) groups excluding carboxylic acids is 3. The number of nitrogens with two attached hydrogens (primary N) is 1. The first-order chi connectivity index (χ1) is 18.5. The first kappa shape index (κ1) is 29.2. The molecule has 0 aliphatic carbocycles. The molecule has 3 atom stereocenters. The van der Waals surface area contributed by atoms with Crippen LogP contribution in [-0.4, -0.2) is 63.6 Å². The lowest BCUT2D eigenvalue weighted by atomic mass is 10.00. The van der Waals surface area contributed by atoms with E-state index in [1.807, 2.05) is 38.1 Å². The number of hydrogen-bond acceptors (Lipinski definition) is 6. The van der Waals surface area contributed by atoms with E-state index in [1.54, 1.807) is 18.3 Å². The van der Waals surface area contributed by atoms with E-state index in [0.717, 1.165) is 16.5 Å². The topological polar surface area (TPSA) is 187 Å². The number of aliphatic carboxylic acids is 1. The largest absolute Gasteiger partial charge is 0.508 e. The number of H-pyrrole nitrogens is 1. The average molecular weight is 538 g/mol. The number of nitrogens with one attached hydrogen (secondary N) is 4. The van der Waals surface area contributed by atoms with Gasteiger partial charge in [0.05, 0.1) is 6.04 Å². The third kappa shape index (κ3) is 8.57. The molecule has 0 saturated carbocycles. The number of rotatable bonds is 13. The number of fused-ring (bicyclic) bond motifs is 1. The van der Waals surface area contributed by atoms with E-state index in [2.05, 4.69) is 20.9 Å². The lowest BCUT2D eigenvalue weighted by Gasteiger charge is -2.25. The minimum atomic E-state index is -1.23. The number of phenols is 1. The molecular weight excluding hydrogens is 502 g/mol. The van der Waals surface area contributed by atoms with Gasteiger partial charge in [0, 0.05) is 23.5 Å². The lowest BCUT2D eigenvalue weighted by molar-refractivity contribution is -0.138. The predicted molar refractivity (Wildman–Crippen MR) is 146 cm³/mol. The number of amides is 3. The van der Waals surface area contributed by atoms with Gasteiger partial charge in [-0.1, -0.05) is 44.2 Å². The van der Waals surface area contributed by atoms with Crippen molar-refractivity contribution in [3.05, 3.63) is 65.9 Å². The number of hydrogen-bond donors (Lipinski definition) is 7. The van der Waals surface area contributed by atoms with Crippen LogP contribution in [0.5, 0.6) is 5.75 Å². The zero-order chi connectivity index (χ0) is 28.5. The summed E-state index contributed by atoms with van der Waals surface area (Å²) in [6.07, 6.45) is 2.40. The van der Waals surface area contributed by atoms with Crippen molar-refractivity contribution in [3.63, 3.8) is 0 Å². The fraction of sp³-hybridized carbons (Fsp3) is 0.357. The summed E-state index contributed by atoms with van der Waals surface area (Å²) in [5, 5.41) is 27.1. The third-order valence-corrected chi connectivity index (χ3v) is 6.21. The highest BCUT2D eigenvalue weighted by atomic mass is 16.4. The van der Waals surface area contributed by atoms with Crippen LogP contribution < -0.4 is 21.7 Å². The molecule has 0 saturated heterocycles. The summed E-state index contributed by atoms with van der Waals surface area (Å²) < 4.78 is 0. The molecule has 8 N–H and O–H groups in total. The Morgan fingerprint density at radius 3 is 2.23 bits per heavy atom. The molecule has 11 heteroatoms. The smallest absolute Gasteiger partial charge is 0.322 e. The zero-order valence-corrected chi connectivity index (χ0v) is 21.9. The van der Waals surface area contributed by atoms with E-state index in [-0.39, 0.29) is 24.5 Å². The van der Waals surface area contributed by atoms with Gasteiger partial charge >= 0.3 is 5.97 Å². The number of aromatic hydroxyl groups is 1. The van der Waals surface area contributed by atoms with Gasteiger partial charge in [-0.2, -0.15) is 0 Å². The quantitative estimate of drug-likeness (QED) is 0.171. The van der Waals surface area contributed by atoms with Crippen molar-refractivity contribution in [2.45, 2.75) is 51.2 Å². The van der Waals surface area contributed by atoms with Crippen LogP contribution in [0.3, 0.4) is 0 Å². The molecule has 0 radical (unpaired) electrons. The molecule has 3 unspecified atom stereocenters. The maximum Gasteiger partial charge on any atom is 0.322 e. The Hall–Kier alpha value is -4.38. The Bertz CT molecular complexity index is 1300. The van der Waals surface area contributed by atoms with E-state index in [0.29, 0.717) is 12.0 Å². The van der Waals surface area contributed by atoms with Gasteiger partial charge in [0.15, 0.2) is 0 Å². The van der Waals surface area contributed by atoms with Crippen molar-refractivity contribution < 1.29 is 29.4 Å². The van der Waals surface area contributed by atoms with E-state index >= 15 is 0 Å². The van der Waals surface area contributed by atoms with Gasteiger partial charge in [0.2, 0.25) is 17.7 Å². The number of carbonyl (C=O) groups is 4. The van der Waals surface area contributed by atoms with Gasteiger partial charge in [0.25, 0.3) is 0 Å². The maximum atomic E-state index is 13.3. The normalized spacial score (nSPS) is 13.4. The third-order valence-electron chi connectivity index (χ3n) is 6.21. The Labute approximate surface area is 226 Å². The minimum absolute atomic E-state index is 0.0299. The lowest BCUT2D eigenvalue weighted by Crippen LogP contribution is -2.57. The average Bonchev–Trinajstić information content (AvgIpc) is 3.30.